The fourth-order valence-corrected chi connectivity index (χ4v) is 2.37. The largest absolute Gasteiger partial charge is 0.319 e. The number of carbonyl (C=O) groups excluding carboxylic acids is 1. The van der Waals surface area contributed by atoms with Crippen molar-refractivity contribution in [1.29, 1.82) is 0 Å². The minimum Gasteiger partial charge on any atom is -0.319 e. The summed E-state index contributed by atoms with van der Waals surface area (Å²) < 4.78 is 0. The van der Waals surface area contributed by atoms with E-state index in [2.05, 4.69) is 17.4 Å². The average molecular weight is 231 g/mol. The first-order chi connectivity index (χ1) is 8.22. The van der Waals surface area contributed by atoms with Crippen molar-refractivity contribution in [1.82, 2.24) is 5.32 Å². The number of rotatable bonds is 5. The Morgan fingerprint density at radius 3 is 2.82 bits per heavy atom. The molecule has 2 heteroatoms. The second-order valence-corrected chi connectivity index (χ2v) is 5.08. The van der Waals surface area contributed by atoms with Crippen LogP contribution in [0.15, 0.2) is 24.3 Å². The Labute approximate surface area is 103 Å². The van der Waals surface area contributed by atoms with Crippen molar-refractivity contribution in [2.45, 2.75) is 32.1 Å². The predicted molar refractivity (Wildman–Crippen MR) is 70.5 cm³/mol. The third-order valence-corrected chi connectivity index (χ3v) is 3.71. The first-order valence-corrected chi connectivity index (χ1v) is 6.51. The maximum atomic E-state index is 12.2. The van der Waals surface area contributed by atoms with Gasteiger partial charge in [-0.1, -0.05) is 31.5 Å². The number of nitrogens with one attached hydrogen (secondary N) is 1. The molecule has 92 valence electrons. The van der Waals surface area contributed by atoms with Crippen molar-refractivity contribution in [3.05, 3.63) is 35.4 Å². The molecule has 0 spiro atoms. The Balaban J connectivity index is 2.12. The van der Waals surface area contributed by atoms with E-state index >= 15 is 0 Å². The Bertz CT molecular complexity index is 396. The summed E-state index contributed by atoms with van der Waals surface area (Å²) in [6.07, 6.45) is 3.90. The second-order valence-electron chi connectivity index (χ2n) is 5.08. The molecule has 0 amide bonds. The van der Waals surface area contributed by atoms with Gasteiger partial charge in [0.1, 0.15) is 0 Å². The highest BCUT2D eigenvalue weighted by Crippen LogP contribution is 2.36. The van der Waals surface area contributed by atoms with Crippen LogP contribution in [0, 0.1) is 5.92 Å². The van der Waals surface area contributed by atoms with Crippen molar-refractivity contribution < 1.29 is 4.79 Å². The number of Topliss-reactive ketones (excluding diaryl/α,β-unsaturated/α-hetero) is 1. The van der Waals surface area contributed by atoms with Crippen molar-refractivity contribution in [2.75, 3.05) is 13.6 Å². The van der Waals surface area contributed by atoms with Crippen LogP contribution in [-0.2, 0) is 0 Å². The van der Waals surface area contributed by atoms with E-state index in [1.54, 1.807) is 0 Å². The van der Waals surface area contributed by atoms with Gasteiger partial charge in [0.25, 0.3) is 0 Å². The van der Waals surface area contributed by atoms with Crippen molar-refractivity contribution >= 4 is 5.78 Å². The molecule has 0 radical (unpaired) electrons. The number of benzene rings is 1. The van der Waals surface area contributed by atoms with Gasteiger partial charge in [-0.2, -0.15) is 0 Å². The smallest absolute Gasteiger partial charge is 0.166 e. The number of carbonyl (C=O) groups is 1. The first kappa shape index (κ1) is 12.3. The summed E-state index contributed by atoms with van der Waals surface area (Å²) in [4.78, 5) is 12.2. The predicted octanol–water partition coefficient (Wildman–Crippen LogP) is 2.99. The highest BCUT2D eigenvalue weighted by molar-refractivity contribution is 5.97. The Hall–Kier alpha value is -1.15. The Kier molecular flexibility index (Phi) is 3.95. The lowest BCUT2D eigenvalue weighted by Crippen LogP contribution is -2.24. The minimum atomic E-state index is 0.0524. The average Bonchev–Trinajstić information content (AvgIpc) is 2.26. The molecule has 0 heterocycles. The summed E-state index contributed by atoms with van der Waals surface area (Å²) in [6.45, 7) is 2.72. The van der Waals surface area contributed by atoms with Crippen molar-refractivity contribution in [2.24, 2.45) is 5.92 Å². The normalized spacial score (nSPS) is 17.5. The van der Waals surface area contributed by atoms with E-state index in [9.17, 15) is 4.79 Å². The molecule has 0 bridgehead atoms. The maximum Gasteiger partial charge on any atom is 0.166 e. The molecule has 2 rings (SSSR count). The molecule has 1 aliphatic carbocycles. The lowest BCUT2D eigenvalue weighted by Gasteiger charge is -2.26. The zero-order chi connectivity index (χ0) is 12.3. The fourth-order valence-electron chi connectivity index (χ4n) is 2.37. The van der Waals surface area contributed by atoms with Crippen LogP contribution in [0.5, 0.6) is 0 Å². The van der Waals surface area contributed by atoms with Gasteiger partial charge in [0.15, 0.2) is 5.78 Å². The lowest BCUT2D eigenvalue weighted by molar-refractivity contribution is 0.0930. The quantitative estimate of drug-likeness (QED) is 0.789. The molecule has 1 fully saturated rings. The number of ketones is 1. The summed E-state index contributed by atoms with van der Waals surface area (Å²) in [5, 5.41) is 3.06. The maximum absolute atomic E-state index is 12.2. The van der Waals surface area contributed by atoms with Crippen LogP contribution in [0.2, 0.25) is 0 Å². The third-order valence-electron chi connectivity index (χ3n) is 3.71. The van der Waals surface area contributed by atoms with Crippen LogP contribution in [0.3, 0.4) is 0 Å². The summed E-state index contributed by atoms with van der Waals surface area (Å²) >= 11 is 0. The fraction of sp³-hybridized carbons (Fsp3) is 0.533. The van der Waals surface area contributed by atoms with E-state index in [0.717, 1.165) is 12.1 Å². The van der Waals surface area contributed by atoms with Gasteiger partial charge in [-0.25, -0.2) is 0 Å². The monoisotopic (exact) mass is 231 g/mol. The molecule has 0 aromatic heterocycles. The van der Waals surface area contributed by atoms with Crippen LogP contribution in [0.1, 0.15) is 48.0 Å². The molecule has 1 aromatic carbocycles. The standard InChI is InChI=1S/C15H21NO/c1-11(10-16-2)15(17)14-8-4-7-13(9-14)12-5-3-6-12/h4,7-9,11-12,16H,3,5-6,10H2,1-2H3. The molecule has 1 aromatic rings. The summed E-state index contributed by atoms with van der Waals surface area (Å²) in [6, 6.07) is 8.21. The molecular formula is C15H21NO. The van der Waals surface area contributed by atoms with Gasteiger partial charge in [0, 0.05) is 18.0 Å². The molecular weight excluding hydrogens is 210 g/mol. The highest BCUT2D eigenvalue weighted by Gasteiger charge is 2.21. The molecule has 1 aliphatic rings. The molecule has 0 saturated heterocycles. The highest BCUT2D eigenvalue weighted by atomic mass is 16.1. The van der Waals surface area contributed by atoms with Crippen molar-refractivity contribution in [3.63, 3.8) is 0 Å². The van der Waals surface area contributed by atoms with E-state index < -0.39 is 0 Å². The van der Waals surface area contributed by atoms with Crippen LogP contribution in [0.4, 0.5) is 0 Å². The third kappa shape index (κ3) is 2.75. The lowest BCUT2D eigenvalue weighted by atomic mass is 9.79. The van der Waals surface area contributed by atoms with Gasteiger partial charge < -0.3 is 5.32 Å². The van der Waals surface area contributed by atoms with Crippen LogP contribution >= 0.6 is 0 Å². The van der Waals surface area contributed by atoms with Gasteiger partial charge in [0.05, 0.1) is 0 Å². The zero-order valence-electron chi connectivity index (χ0n) is 10.7. The number of hydrogen-bond acceptors (Lipinski definition) is 2. The molecule has 1 N–H and O–H groups in total. The van der Waals surface area contributed by atoms with Crippen LogP contribution in [-0.4, -0.2) is 19.4 Å². The van der Waals surface area contributed by atoms with Crippen LogP contribution in [0.25, 0.3) is 0 Å². The van der Waals surface area contributed by atoms with E-state index in [0.29, 0.717) is 5.92 Å². The number of hydrogen-bond donors (Lipinski definition) is 1. The van der Waals surface area contributed by atoms with Crippen molar-refractivity contribution in [3.8, 4) is 0 Å². The summed E-state index contributed by atoms with van der Waals surface area (Å²) in [7, 11) is 1.88. The van der Waals surface area contributed by atoms with Gasteiger partial charge in [0.2, 0.25) is 0 Å². The molecule has 1 unspecified atom stereocenters. The Morgan fingerprint density at radius 1 is 1.47 bits per heavy atom. The van der Waals surface area contributed by atoms with Gasteiger partial charge in [-0.05, 0) is 37.4 Å². The van der Waals surface area contributed by atoms with Gasteiger partial charge in [-0.3, -0.25) is 4.79 Å². The molecule has 0 aliphatic heterocycles. The minimum absolute atomic E-state index is 0.0524. The van der Waals surface area contributed by atoms with E-state index in [1.807, 2.05) is 26.1 Å². The SMILES string of the molecule is CNCC(C)C(=O)c1cccc(C2CCC2)c1. The van der Waals surface area contributed by atoms with Gasteiger partial charge >= 0.3 is 0 Å². The molecule has 2 nitrogen and oxygen atoms in total. The Morgan fingerprint density at radius 2 is 2.24 bits per heavy atom. The van der Waals surface area contributed by atoms with Crippen LogP contribution < -0.4 is 5.32 Å². The van der Waals surface area contributed by atoms with Gasteiger partial charge in [-0.15, -0.1) is 0 Å². The molecule has 1 atom stereocenters. The molecule has 1 saturated carbocycles. The summed E-state index contributed by atoms with van der Waals surface area (Å²) in [5.74, 6) is 1.000. The van der Waals surface area contributed by atoms with E-state index in [4.69, 9.17) is 0 Å². The zero-order valence-corrected chi connectivity index (χ0v) is 10.7. The first-order valence-electron chi connectivity index (χ1n) is 6.51. The topological polar surface area (TPSA) is 29.1 Å². The van der Waals surface area contributed by atoms with E-state index in [-0.39, 0.29) is 11.7 Å². The second kappa shape index (κ2) is 5.46. The molecule has 17 heavy (non-hydrogen) atoms. The summed E-state index contributed by atoms with van der Waals surface area (Å²) in [5.41, 5.74) is 2.22. The van der Waals surface area contributed by atoms with E-state index in [1.165, 1.54) is 24.8 Å².